The van der Waals surface area contributed by atoms with Crippen molar-refractivity contribution in [2.45, 2.75) is 13.8 Å². The molecular formula is C25H28N6O2. The Kier molecular flexibility index (Phi) is 6.65. The molecule has 0 aliphatic rings. The Morgan fingerprint density at radius 3 is 2.67 bits per heavy atom. The molecule has 0 unspecified atom stereocenters. The van der Waals surface area contributed by atoms with Gasteiger partial charge in [0.2, 0.25) is 0 Å². The van der Waals surface area contributed by atoms with Gasteiger partial charge in [-0.3, -0.25) is 14.9 Å². The lowest BCUT2D eigenvalue weighted by Gasteiger charge is -2.14. The Balaban J connectivity index is 1.62. The predicted molar refractivity (Wildman–Crippen MR) is 129 cm³/mol. The first-order valence-electron chi connectivity index (χ1n) is 10.9. The number of para-hydroxylation sites is 1. The van der Waals surface area contributed by atoms with E-state index >= 15 is 0 Å². The number of fused-ring (bicyclic) bond motifs is 1. The lowest BCUT2D eigenvalue weighted by atomic mass is 10.0. The van der Waals surface area contributed by atoms with Crippen molar-refractivity contribution in [2.75, 3.05) is 33.8 Å². The van der Waals surface area contributed by atoms with Gasteiger partial charge in [-0.1, -0.05) is 19.1 Å². The third-order valence-electron chi connectivity index (χ3n) is 5.73. The molecule has 0 aliphatic carbocycles. The SMILES string of the molecule is CCN(C)CCNC(=O)c1ncc(-c2cnc3n[nH]c(-c4ccccc4OC)c3c2)cc1C. The second-order valence-electron chi connectivity index (χ2n) is 7.94. The Bertz CT molecular complexity index is 1280. The van der Waals surface area contributed by atoms with Crippen molar-refractivity contribution in [1.29, 1.82) is 0 Å². The standard InChI is InChI=1S/C25H28N6O2/c1-5-31(3)11-10-26-25(32)22-16(2)12-17(14-27-22)18-13-20-23(29-30-24(20)28-15-18)19-8-6-7-9-21(19)33-4/h6-9,12-15H,5,10-11H2,1-4H3,(H,26,32)(H,28,29,30). The molecule has 0 saturated heterocycles. The van der Waals surface area contributed by atoms with Gasteiger partial charge < -0.3 is 15.0 Å². The Hall–Kier alpha value is -3.78. The number of pyridine rings is 2. The average Bonchev–Trinajstić information content (AvgIpc) is 3.26. The van der Waals surface area contributed by atoms with Crippen LogP contribution >= 0.6 is 0 Å². The number of nitrogens with zero attached hydrogens (tertiary/aromatic N) is 4. The zero-order valence-electron chi connectivity index (χ0n) is 19.3. The molecule has 33 heavy (non-hydrogen) atoms. The highest BCUT2D eigenvalue weighted by Crippen LogP contribution is 2.34. The summed E-state index contributed by atoms with van der Waals surface area (Å²) in [5.41, 5.74) is 5.41. The summed E-state index contributed by atoms with van der Waals surface area (Å²) in [6.07, 6.45) is 3.48. The minimum atomic E-state index is -0.162. The van der Waals surface area contributed by atoms with Crippen molar-refractivity contribution < 1.29 is 9.53 Å². The molecule has 3 aromatic heterocycles. The van der Waals surface area contributed by atoms with Crippen LogP contribution in [-0.2, 0) is 0 Å². The first-order valence-corrected chi connectivity index (χ1v) is 10.9. The van der Waals surface area contributed by atoms with Crippen LogP contribution in [0.25, 0.3) is 33.4 Å². The van der Waals surface area contributed by atoms with E-state index in [4.69, 9.17) is 4.74 Å². The summed E-state index contributed by atoms with van der Waals surface area (Å²) < 4.78 is 5.51. The quantitative estimate of drug-likeness (QED) is 0.430. The molecule has 170 valence electrons. The van der Waals surface area contributed by atoms with Crippen LogP contribution in [0.5, 0.6) is 5.75 Å². The van der Waals surface area contributed by atoms with Gasteiger partial charge in [-0.15, -0.1) is 0 Å². The molecule has 8 nitrogen and oxygen atoms in total. The molecule has 0 radical (unpaired) electrons. The van der Waals surface area contributed by atoms with E-state index in [-0.39, 0.29) is 5.91 Å². The molecule has 0 fully saturated rings. The highest BCUT2D eigenvalue weighted by Gasteiger charge is 2.16. The van der Waals surface area contributed by atoms with Crippen molar-refractivity contribution in [3.63, 3.8) is 0 Å². The van der Waals surface area contributed by atoms with Crippen molar-refractivity contribution in [2.24, 2.45) is 0 Å². The lowest BCUT2D eigenvalue weighted by Crippen LogP contribution is -2.33. The van der Waals surface area contributed by atoms with Gasteiger partial charge in [0.25, 0.3) is 5.91 Å². The molecule has 3 heterocycles. The molecule has 0 aliphatic heterocycles. The number of amides is 1. The molecule has 0 atom stereocenters. The highest BCUT2D eigenvalue weighted by atomic mass is 16.5. The fourth-order valence-corrected chi connectivity index (χ4v) is 3.69. The number of likely N-dealkylation sites (N-methyl/N-ethyl adjacent to an activating group) is 1. The Labute approximate surface area is 193 Å². The number of carbonyl (C=O) groups is 1. The molecular weight excluding hydrogens is 416 g/mol. The zero-order valence-corrected chi connectivity index (χ0v) is 19.3. The maximum Gasteiger partial charge on any atom is 0.270 e. The molecule has 2 N–H and O–H groups in total. The Morgan fingerprint density at radius 2 is 1.91 bits per heavy atom. The maximum absolute atomic E-state index is 12.6. The van der Waals surface area contributed by atoms with E-state index < -0.39 is 0 Å². The number of H-pyrrole nitrogens is 1. The predicted octanol–water partition coefficient (Wildman–Crippen LogP) is 3.69. The summed E-state index contributed by atoms with van der Waals surface area (Å²) in [5, 5.41) is 11.3. The topological polar surface area (TPSA) is 96.0 Å². The number of hydrogen-bond donors (Lipinski definition) is 2. The van der Waals surface area contributed by atoms with E-state index in [0.29, 0.717) is 17.9 Å². The second kappa shape index (κ2) is 9.79. The minimum Gasteiger partial charge on any atom is -0.496 e. The van der Waals surface area contributed by atoms with Crippen molar-refractivity contribution in [1.82, 2.24) is 30.4 Å². The minimum absolute atomic E-state index is 0.162. The first kappa shape index (κ1) is 22.4. The van der Waals surface area contributed by atoms with Gasteiger partial charge >= 0.3 is 0 Å². The van der Waals surface area contributed by atoms with Gasteiger partial charge in [-0.05, 0) is 50.3 Å². The van der Waals surface area contributed by atoms with Gasteiger partial charge in [0.15, 0.2) is 5.65 Å². The summed E-state index contributed by atoms with van der Waals surface area (Å²) in [6.45, 7) is 6.30. The van der Waals surface area contributed by atoms with Crippen LogP contribution in [0.4, 0.5) is 0 Å². The van der Waals surface area contributed by atoms with Gasteiger partial charge in [0.05, 0.1) is 12.8 Å². The summed E-state index contributed by atoms with van der Waals surface area (Å²) in [7, 11) is 3.67. The highest BCUT2D eigenvalue weighted by molar-refractivity contribution is 5.96. The number of nitrogens with one attached hydrogen (secondary N) is 2. The smallest absolute Gasteiger partial charge is 0.270 e. The van der Waals surface area contributed by atoms with E-state index in [2.05, 4.69) is 37.3 Å². The molecule has 1 amide bonds. The third kappa shape index (κ3) is 4.70. The second-order valence-corrected chi connectivity index (χ2v) is 7.94. The van der Waals surface area contributed by atoms with E-state index in [1.54, 1.807) is 19.5 Å². The summed E-state index contributed by atoms with van der Waals surface area (Å²) >= 11 is 0. The van der Waals surface area contributed by atoms with Crippen molar-refractivity contribution in [3.8, 4) is 28.1 Å². The fraction of sp³-hybridized carbons (Fsp3) is 0.280. The van der Waals surface area contributed by atoms with Gasteiger partial charge in [-0.25, -0.2) is 4.98 Å². The van der Waals surface area contributed by atoms with E-state index in [0.717, 1.165) is 52.2 Å². The molecule has 1 aromatic carbocycles. The number of rotatable bonds is 8. The van der Waals surface area contributed by atoms with Crippen molar-refractivity contribution in [3.05, 3.63) is 60.0 Å². The molecule has 4 rings (SSSR count). The van der Waals surface area contributed by atoms with E-state index in [1.165, 1.54) is 0 Å². The molecule has 0 bridgehead atoms. The van der Waals surface area contributed by atoms with Crippen LogP contribution in [0.15, 0.2) is 48.8 Å². The van der Waals surface area contributed by atoms with Gasteiger partial charge in [0.1, 0.15) is 11.4 Å². The number of aryl methyl sites for hydroxylation is 1. The monoisotopic (exact) mass is 444 g/mol. The molecule has 4 aromatic rings. The normalized spacial score (nSPS) is 11.2. The van der Waals surface area contributed by atoms with Crippen LogP contribution in [0, 0.1) is 6.92 Å². The first-order chi connectivity index (χ1) is 16.0. The van der Waals surface area contributed by atoms with Gasteiger partial charge in [0, 0.05) is 47.6 Å². The van der Waals surface area contributed by atoms with Crippen LogP contribution in [0.2, 0.25) is 0 Å². The summed E-state index contributed by atoms with van der Waals surface area (Å²) in [5.74, 6) is 0.594. The number of ether oxygens (including phenoxy) is 1. The van der Waals surface area contributed by atoms with E-state index in [1.807, 2.05) is 50.4 Å². The molecule has 0 saturated carbocycles. The molecule has 0 spiro atoms. The number of carbonyl (C=O) groups excluding carboxylic acids is 1. The number of hydrogen-bond acceptors (Lipinski definition) is 6. The fourth-order valence-electron chi connectivity index (χ4n) is 3.69. The van der Waals surface area contributed by atoms with Crippen LogP contribution in [-0.4, -0.2) is 64.8 Å². The van der Waals surface area contributed by atoms with Crippen LogP contribution in [0.1, 0.15) is 23.0 Å². The summed E-state index contributed by atoms with van der Waals surface area (Å²) in [6, 6.07) is 11.8. The molecule has 8 heteroatoms. The van der Waals surface area contributed by atoms with Gasteiger partial charge in [-0.2, -0.15) is 5.10 Å². The van der Waals surface area contributed by atoms with Crippen LogP contribution in [0.3, 0.4) is 0 Å². The zero-order chi connectivity index (χ0) is 23.4. The maximum atomic E-state index is 12.6. The number of aromatic amines is 1. The Morgan fingerprint density at radius 1 is 1.15 bits per heavy atom. The average molecular weight is 445 g/mol. The number of aromatic nitrogens is 4. The lowest BCUT2D eigenvalue weighted by molar-refractivity contribution is 0.0944. The number of methoxy groups -OCH3 is 1. The van der Waals surface area contributed by atoms with Crippen molar-refractivity contribution >= 4 is 16.9 Å². The van der Waals surface area contributed by atoms with E-state index in [9.17, 15) is 4.79 Å². The summed E-state index contributed by atoms with van der Waals surface area (Å²) in [4.78, 5) is 23.7. The van der Waals surface area contributed by atoms with Crippen LogP contribution < -0.4 is 10.1 Å². The number of benzene rings is 1. The largest absolute Gasteiger partial charge is 0.496 e. The third-order valence-corrected chi connectivity index (χ3v) is 5.73.